The standard InChI is InChI=1S/C27H36N4O2/c1-19(2)17-26(32)29-25-6-4-5-20-7-8-21(18-24(20)25)27(33)30(3)22-11-15-31(16-12-22)23-9-13-28-14-10-23/h7-10,13-14,18-19,22,25H,4-6,11-12,15-17H2,1-3H3,(H,29,32). The second-order valence-corrected chi connectivity index (χ2v) is 9.86. The van der Waals surface area contributed by atoms with E-state index in [-0.39, 0.29) is 23.9 Å². The number of rotatable bonds is 6. The largest absolute Gasteiger partial charge is 0.371 e. The molecule has 4 rings (SSSR count). The highest BCUT2D eigenvalue weighted by molar-refractivity contribution is 5.94. The maximum Gasteiger partial charge on any atom is 0.253 e. The van der Waals surface area contributed by atoms with Crippen LogP contribution in [0.5, 0.6) is 0 Å². The van der Waals surface area contributed by atoms with Crippen molar-refractivity contribution in [3.05, 3.63) is 59.4 Å². The van der Waals surface area contributed by atoms with Gasteiger partial charge in [-0.2, -0.15) is 0 Å². The fourth-order valence-corrected chi connectivity index (χ4v) is 5.14. The predicted octanol–water partition coefficient (Wildman–Crippen LogP) is 4.36. The molecule has 33 heavy (non-hydrogen) atoms. The third kappa shape index (κ3) is 5.55. The van der Waals surface area contributed by atoms with Crippen molar-refractivity contribution in [1.29, 1.82) is 0 Å². The van der Waals surface area contributed by atoms with Crippen LogP contribution in [0.4, 0.5) is 5.69 Å². The highest BCUT2D eigenvalue weighted by Gasteiger charge is 2.28. The van der Waals surface area contributed by atoms with Gasteiger partial charge in [-0.05, 0) is 73.4 Å². The van der Waals surface area contributed by atoms with Gasteiger partial charge in [0.25, 0.3) is 5.91 Å². The summed E-state index contributed by atoms with van der Waals surface area (Å²) in [6, 6.07) is 10.4. The molecule has 0 bridgehead atoms. The van der Waals surface area contributed by atoms with Gasteiger partial charge in [-0.15, -0.1) is 0 Å². The summed E-state index contributed by atoms with van der Waals surface area (Å²) in [6.07, 6.45) is 9.07. The Bertz CT molecular complexity index is 967. The van der Waals surface area contributed by atoms with Crippen LogP contribution in [0.15, 0.2) is 42.7 Å². The third-order valence-corrected chi connectivity index (χ3v) is 7.00. The molecule has 1 saturated heterocycles. The Labute approximate surface area is 197 Å². The Kier molecular flexibility index (Phi) is 7.31. The average Bonchev–Trinajstić information content (AvgIpc) is 2.83. The molecule has 1 aromatic heterocycles. The molecule has 0 saturated carbocycles. The fourth-order valence-electron chi connectivity index (χ4n) is 5.14. The van der Waals surface area contributed by atoms with Crippen LogP contribution in [-0.2, 0) is 11.2 Å². The molecule has 0 spiro atoms. The van der Waals surface area contributed by atoms with Gasteiger partial charge in [0.2, 0.25) is 5.91 Å². The van der Waals surface area contributed by atoms with Gasteiger partial charge in [0.05, 0.1) is 6.04 Å². The minimum atomic E-state index is 0.00153. The van der Waals surface area contributed by atoms with Gasteiger partial charge >= 0.3 is 0 Å². The van der Waals surface area contributed by atoms with Crippen LogP contribution in [-0.4, -0.2) is 47.9 Å². The quantitative estimate of drug-likeness (QED) is 0.713. The van der Waals surface area contributed by atoms with Gasteiger partial charge in [-0.25, -0.2) is 0 Å². The van der Waals surface area contributed by atoms with E-state index in [9.17, 15) is 9.59 Å². The molecule has 2 aromatic rings. The number of carbonyl (C=O) groups excluding carboxylic acids is 2. The molecule has 2 aliphatic rings. The monoisotopic (exact) mass is 448 g/mol. The molecule has 2 amide bonds. The van der Waals surface area contributed by atoms with E-state index in [1.807, 2.05) is 48.6 Å². The number of carbonyl (C=O) groups is 2. The summed E-state index contributed by atoms with van der Waals surface area (Å²) in [5.41, 5.74) is 4.28. The highest BCUT2D eigenvalue weighted by Crippen LogP contribution is 2.31. The van der Waals surface area contributed by atoms with Crippen molar-refractivity contribution in [1.82, 2.24) is 15.2 Å². The van der Waals surface area contributed by atoms with Gasteiger partial charge < -0.3 is 15.1 Å². The highest BCUT2D eigenvalue weighted by atomic mass is 16.2. The Morgan fingerprint density at radius 1 is 1.12 bits per heavy atom. The number of hydrogen-bond donors (Lipinski definition) is 1. The lowest BCUT2D eigenvalue weighted by Crippen LogP contribution is -2.45. The Morgan fingerprint density at radius 3 is 2.55 bits per heavy atom. The van der Waals surface area contributed by atoms with Crippen molar-refractivity contribution in [2.75, 3.05) is 25.0 Å². The number of anilines is 1. The molecule has 1 aromatic carbocycles. The Morgan fingerprint density at radius 2 is 1.85 bits per heavy atom. The zero-order valence-electron chi connectivity index (χ0n) is 20.1. The predicted molar refractivity (Wildman–Crippen MR) is 131 cm³/mol. The topological polar surface area (TPSA) is 65.5 Å². The van der Waals surface area contributed by atoms with Crippen molar-refractivity contribution >= 4 is 17.5 Å². The minimum absolute atomic E-state index is 0.00153. The van der Waals surface area contributed by atoms with Gasteiger partial charge in [-0.3, -0.25) is 14.6 Å². The van der Waals surface area contributed by atoms with Crippen LogP contribution in [0, 0.1) is 5.92 Å². The van der Waals surface area contributed by atoms with Crippen LogP contribution in [0.2, 0.25) is 0 Å². The lowest BCUT2D eigenvalue weighted by Gasteiger charge is -2.38. The molecular weight excluding hydrogens is 412 g/mol. The second kappa shape index (κ2) is 10.4. The summed E-state index contributed by atoms with van der Waals surface area (Å²) >= 11 is 0. The van der Waals surface area contributed by atoms with Crippen molar-refractivity contribution in [3.8, 4) is 0 Å². The molecule has 1 atom stereocenters. The van der Waals surface area contributed by atoms with E-state index in [0.29, 0.717) is 12.3 Å². The zero-order chi connectivity index (χ0) is 23.4. The zero-order valence-corrected chi connectivity index (χ0v) is 20.1. The summed E-state index contributed by atoms with van der Waals surface area (Å²) in [5.74, 6) is 0.496. The summed E-state index contributed by atoms with van der Waals surface area (Å²) in [6.45, 7) is 5.98. The number of fused-ring (bicyclic) bond motifs is 1. The smallest absolute Gasteiger partial charge is 0.253 e. The molecule has 1 aliphatic carbocycles. The van der Waals surface area contributed by atoms with Crippen LogP contribution in [0.25, 0.3) is 0 Å². The molecule has 176 valence electrons. The first-order chi connectivity index (χ1) is 15.9. The SMILES string of the molecule is CC(C)CC(=O)NC1CCCc2ccc(C(=O)N(C)C3CCN(c4ccncc4)CC3)cc21. The van der Waals surface area contributed by atoms with E-state index in [4.69, 9.17) is 0 Å². The molecule has 1 fully saturated rings. The normalized spacial score (nSPS) is 18.7. The molecule has 1 N–H and O–H groups in total. The van der Waals surface area contributed by atoms with Crippen LogP contribution < -0.4 is 10.2 Å². The number of pyridine rings is 1. The first kappa shape index (κ1) is 23.3. The average molecular weight is 449 g/mol. The van der Waals surface area contributed by atoms with Crippen LogP contribution in [0.3, 0.4) is 0 Å². The van der Waals surface area contributed by atoms with E-state index in [1.165, 1.54) is 11.3 Å². The van der Waals surface area contributed by atoms with Crippen molar-refractivity contribution in [2.45, 2.75) is 64.5 Å². The minimum Gasteiger partial charge on any atom is -0.371 e. The number of hydrogen-bond acceptors (Lipinski definition) is 4. The van der Waals surface area contributed by atoms with Gasteiger partial charge in [0.15, 0.2) is 0 Å². The number of amides is 2. The maximum atomic E-state index is 13.4. The second-order valence-electron chi connectivity index (χ2n) is 9.86. The lowest BCUT2D eigenvalue weighted by atomic mass is 9.86. The first-order valence-corrected chi connectivity index (χ1v) is 12.3. The van der Waals surface area contributed by atoms with Crippen molar-refractivity contribution in [3.63, 3.8) is 0 Å². The molecular formula is C27H36N4O2. The third-order valence-electron chi connectivity index (χ3n) is 7.00. The Hall–Kier alpha value is -2.89. The molecule has 6 nitrogen and oxygen atoms in total. The van der Waals surface area contributed by atoms with Crippen molar-refractivity contribution < 1.29 is 9.59 Å². The maximum absolute atomic E-state index is 13.4. The van der Waals surface area contributed by atoms with E-state index < -0.39 is 0 Å². The van der Waals surface area contributed by atoms with Crippen LogP contribution >= 0.6 is 0 Å². The summed E-state index contributed by atoms with van der Waals surface area (Å²) < 4.78 is 0. The van der Waals surface area contributed by atoms with Gasteiger partial charge in [-0.1, -0.05) is 19.9 Å². The van der Waals surface area contributed by atoms with E-state index in [1.54, 1.807) is 0 Å². The van der Waals surface area contributed by atoms with E-state index >= 15 is 0 Å². The number of aryl methyl sites for hydroxylation is 1. The van der Waals surface area contributed by atoms with E-state index in [2.05, 4.69) is 35.1 Å². The number of nitrogens with zero attached hydrogens (tertiary/aromatic N) is 3. The first-order valence-electron chi connectivity index (χ1n) is 12.3. The molecule has 6 heteroatoms. The van der Waals surface area contributed by atoms with Gasteiger partial charge in [0.1, 0.15) is 0 Å². The van der Waals surface area contributed by atoms with E-state index in [0.717, 1.165) is 56.3 Å². The number of aromatic nitrogens is 1. The summed E-state index contributed by atoms with van der Waals surface area (Å²) in [4.78, 5) is 34.2. The van der Waals surface area contributed by atoms with Crippen molar-refractivity contribution in [2.24, 2.45) is 5.92 Å². The Balaban J connectivity index is 1.42. The molecule has 2 heterocycles. The fraction of sp³-hybridized carbons (Fsp3) is 0.519. The molecule has 0 radical (unpaired) electrons. The summed E-state index contributed by atoms with van der Waals surface area (Å²) in [7, 11) is 1.93. The number of benzene rings is 1. The number of nitrogens with one attached hydrogen (secondary N) is 1. The lowest BCUT2D eigenvalue weighted by molar-refractivity contribution is -0.122. The van der Waals surface area contributed by atoms with Crippen LogP contribution in [0.1, 0.15) is 73.5 Å². The number of piperidine rings is 1. The summed E-state index contributed by atoms with van der Waals surface area (Å²) in [5, 5.41) is 3.21. The molecule has 1 unspecified atom stereocenters. The van der Waals surface area contributed by atoms with Gasteiger partial charge in [0, 0.05) is 56.2 Å². The molecule has 1 aliphatic heterocycles.